The molecule has 1 aliphatic carbocycles. The summed E-state index contributed by atoms with van der Waals surface area (Å²) in [6.07, 6.45) is 5.34. The first-order valence-corrected chi connectivity index (χ1v) is 8.09. The quantitative estimate of drug-likeness (QED) is 0.578. The van der Waals surface area contributed by atoms with Gasteiger partial charge in [-0.15, -0.1) is 0 Å². The van der Waals surface area contributed by atoms with Gasteiger partial charge < -0.3 is 0 Å². The van der Waals surface area contributed by atoms with Gasteiger partial charge in [-0.3, -0.25) is 0 Å². The summed E-state index contributed by atoms with van der Waals surface area (Å²) < 4.78 is 0. The van der Waals surface area contributed by atoms with Crippen LogP contribution in [0.15, 0.2) is 24.3 Å². The summed E-state index contributed by atoms with van der Waals surface area (Å²) in [4.78, 5) is 0. The first-order valence-electron chi connectivity index (χ1n) is 8.09. The summed E-state index contributed by atoms with van der Waals surface area (Å²) in [6.45, 7) is 13.3. The minimum Gasteiger partial charge on any atom is -0.0683 e. The molecule has 1 aromatic carbocycles. The summed E-state index contributed by atoms with van der Waals surface area (Å²) in [5, 5.41) is 0. The molecule has 0 amide bonds. The molecule has 2 rings (SSSR count). The van der Waals surface area contributed by atoms with Crippen molar-refractivity contribution < 1.29 is 0 Å². The van der Waals surface area contributed by atoms with Gasteiger partial charge in [0, 0.05) is 0 Å². The third-order valence-corrected chi connectivity index (χ3v) is 3.81. The topological polar surface area (TPSA) is 0 Å². The third kappa shape index (κ3) is 5.38. The van der Waals surface area contributed by atoms with E-state index in [9.17, 15) is 0 Å². The summed E-state index contributed by atoms with van der Waals surface area (Å²) in [5.74, 6) is 1.61. The molecule has 0 saturated heterocycles. The van der Waals surface area contributed by atoms with Crippen LogP contribution in [0, 0.1) is 5.41 Å². The summed E-state index contributed by atoms with van der Waals surface area (Å²) in [7, 11) is 0. The van der Waals surface area contributed by atoms with Crippen LogP contribution in [0.1, 0.15) is 90.2 Å². The lowest BCUT2D eigenvalue weighted by Gasteiger charge is -2.25. The predicted octanol–water partition coefficient (Wildman–Crippen LogP) is 6.52. The Labute approximate surface area is 120 Å². The zero-order chi connectivity index (χ0) is 14.5. The fourth-order valence-corrected chi connectivity index (χ4v) is 2.69. The van der Waals surface area contributed by atoms with Crippen LogP contribution in [-0.2, 0) is 0 Å². The van der Waals surface area contributed by atoms with E-state index in [0.29, 0.717) is 5.41 Å². The van der Waals surface area contributed by atoms with Crippen LogP contribution in [0.5, 0.6) is 0 Å². The Balaban J connectivity index is 0.000000861. The standard InChI is InChI=1S/C17H26.C2H6/c1-5-13(12-17(2,3)4)14-6-8-15(9-7-14)16-10-11-16;1-2/h6-9,13,16H,5,10-12H2,1-4H3;1-2H3. The highest BCUT2D eigenvalue weighted by Crippen LogP contribution is 2.41. The molecule has 0 N–H and O–H groups in total. The maximum Gasteiger partial charge on any atom is -0.0160 e. The SMILES string of the molecule is CC.CCC(CC(C)(C)C)c1ccc(C2CC2)cc1. The zero-order valence-electron chi connectivity index (χ0n) is 13.8. The van der Waals surface area contributed by atoms with E-state index in [1.807, 2.05) is 13.8 Å². The highest BCUT2D eigenvalue weighted by molar-refractivity contribution is 5.30. The van der Waals surface area contributed by atoms with Crippen molar-refractivity contribution in [2.45, 2.75) is 79.1 Å². The van der Waals surface area contributed by atoms with Gasteiger partial charge in [0.25, 0.3) is 0 Å². The summed E-state index contributed by atoms with van der Waals surface area (Å²) in [5.41, 5.74) is 3.52. The van der Waals surface area contributed by atoms with E-state index in [1.54, 1.807) is 5.56 Å². The molecule has 0 spiro atoms. The van der Waals surface area contributed by atoms with E-state index in [0.717, 1.165) is 11.8 Å². The van der Waals surface area contributed by atoms with Gasteiger partial charge in [-0.1, -0.05) is 65.8 Å². The van der Waals surface area contributed by atoms with E-state index in [1.165, 1.54) is 31.2 Å². The first-order chi connectivity index (χ1) is 8.99. The van der Waals surface area contributed by atoms with Crippen LogP contribution < -0.4 is 0 Å². The molecule has 0 bridgehead atoms. The molecule has 1 saturated carbocycles. The first kappa shape index (κ1) is 16.3. The molecule has 1 unspecified atom stereocenters. The third-order valence-electron chi connectivity index (χ3n) is 3.81. The van der Waals surface area contributed by atoms with Gasteiger partial charge in [-0.25, -0.2) is 0 Å². The summed E-state index contributed by atoms with van der Waals surface area (Å²) in [6, 6.07) is 9.46. The zero-order valence-corrected chi connectivity index (χ0v) is 13.8. The smallest absolute Gasteiger partial charge is 0.0160 e. The van der Waals surface area contributed by atoms with E-state index in [4.69, 9.17) is 0 Å². The lowest BCUT2D eigenvalue weighted by Crippen LogP contribution is -2.11. The molecular formula is C19H32. The molecule has 0 heterocycles. The van der Waals surface area contributed by atoms with E-state index >= 15 is 0 Å². The number of hydrogen-bond donors (Lipinski definition) is 0. The molecule has 0 aliphatic heterocycles. The van der Waals surface area contributed by atoms with Gasteiger partial charge in [-0.05, 0) is 54.1 Å². The van der Waals surface area contributed by atoms with E-state index in [2.05, 4.69) is 52.0 Å². The van der Waals surface area contributed by atoms with Gasteiger partial charge in [-0.2, -0.15) is 0 Å². The van der Waals surface area contributed by atoms with E-state index in [-0.39, 0.29) is 0 Å². The van der Waals surface area contributed by atoms with Crippen LogP contribution in [0.25, 0.3) is 0 Å². The van der Waals surface area contributed by atoms with Crippen LogP contribution in [0.3, 0.4) is 0 Å². The Morgan fingerprint density at radius 3 is 1.95 bits per heavy atom. The van der Waals surface area contributed by atoms with Crippen molar-refractivity contribution in [3.05, 3.63) is 35.4 Å². The largest absolute Gasteiger partial charge is 0.0683 e. The second kappa shape index (κ2) is 7.12. The molecule has 19 heavy (non-hydrogen) atoms. The maximum atomic E-state index is 2.37. The van der Waals surface area contributed by atoms with Crippen molar-refractivity contribution in [2.75, 3.05) is 0 Å². The molecule has 0 radical (unpaired) electrons. The second-order valence-electron chi connectivity index (χ2n) is 6.81. The lowest BCUT2D eigenvalue weighted by molar-refractivity contribution is 0.335. The molecule has 1 aliphatic rings. The molecular weight excluding hydrogens is 228 g/mol. The minimum atomic E-state index is 0.426. The fraction of sp³-hybridized carbons (Fsp3) is 0.684. The van der Waals surface area contributed by atoms with Crippen LogP contribution in [-0.4, -0.2) is 0 Å². The van der Waals surface area contributed by atoms with Crippen molar-refractivity contribution in [1.29, 1.82) is 0 Å². The molecule has 0 nitrogen and oxygen atoms in total. The van der Waals surface area contributed by atoms with Gasteiger partial charge in [0.2, 0.25) is 0 Å². The average Bonchev–Trinajstić information content (AvgIpc) is 3.22. The van der Waals surface area contributed by atoms with Crippen LogP contribution in [0.4, 0.5) is 0 Å². The van der Waals surface area contributed by atoms with Crippen molar-refractivity contribution >= 4 is 0 Å². The molecule has 1 fully saturated rings. The minimum absolute atomic E-state index is 0.426. The Morgan fingerprint density at radius 1 is 1.05 bits per heavy atom. The fourth-order valence-electron chi connectivity index (χ4n) is 2.69. The van der Waals surface area contributed by atoms with Gasteiger partial charge in [0.05, 0.1) is 0 Å². The maximum absolute atomic E-state index is 2.37. The molecule has 1 atom stereocenters. The Bertz CT molecular complexity index is 349. The van der Waals surface area contributed by atoms with Crippen molar-refractivity contribution in [3.63, 3.8) is 0 Å². The van der Waals surface area contributed by atoms with Gasteiger partial charge in [0.1, 0.15) is 0 Å². The van der Waals surface area contributed by atoms with Crippen molar-refractivity contribution in [1.82, 2.24) is 0 Å². The van der Waals surface area contributed by atoms with E-state index < -0.39 is 0 Å². The number of rotatable bonds is 4. The Kier molecular flexibility index (Phi) is 6.10. The monoisotopic (exact) mass is 260 g/mol. The van der Waals surface area contributed by atoms with Crippen LogP contribution >= 0.6 is 0 Å². The normalized spacial score (nSPS) is 16.5. The second-order valence-corrected chi connectivity index (χ2v) is 6.81. The van der Waals surface area contributed by atoms with Crippen molar-refractivity contribution in [3.8, 4) is 0 Å². The molecule has 1 aromatic rings. The molecule has 0 aromatic heterocycles. The molecule has 0 heteroatoms. The predicted molar refractivity (Wildman–Crippen MR) is 86.9 cm³/mol. The van der Waals surface area contributed by atoms with Gasteiger partial charge in [0.15, 0.2) is 0 Å². The highest BCUT2D eigenvalue weighted by atomic mass is 14.3. The van der Waals surface area contributed by atoms with Crippen molar-refractivity contribution in [2.24, 2.45) is 5.41 Å². The van der Waals surface area contributed by atoms with Gasteiger partial charge >= 0.3 is 0 Å². The van der Waals surface area contributed by atoms with Crippen LogP contribution in [0.2, 0.25) is 0 Å². The Morgan fingerprint density at radius 2 is 1.58 bits per heavy atom. The summed E-state index contributed by atoms with van der Waals surface area (Å²) >= 11 is 0. The highest BCUT2D eigenvalue weighted by Gasteiger charge is 2.24. The Hall–Kier alpha value is -0.780. The number of hydrogen-bond acceptors (Lipinski definition) is 0. The average molecular weight is 260 g/mol. The lowest BCUT2D eigenvalue weighted by atomic mass is 9.80. The number of benzene rings is 1. The molecule has 108 valence electrons.